The van der Waals surface area contributed by atoms with E-state index < -0.39 is 10.0 Å². The number of anilines is 4. The summed E-state index contributed by atoms with van der Waals surface area (Å²) in [6, 6.07) is 16.5. The van der Waals surface area contributed by atoms with Crippen molar-refractivity contribution in [1.82, 2.24) is 24.8 Å². The molecule has 1 fully saturated rings. The summed E-state index contributed by atoms with van der Waals surface area (Å²) in [7, 11) is 0.192. The van der Waals surface area contributed by atoms with E-state index in [1.54, 1.807) is 12.3 Å². The van der Waals surface area contributed by atoms with Gasteiger partial charge < -0.3 is 25.4 Å². The number of H-pyrrole nitrogens is 1. The first-order chi connectivity index (χ1) is 18.7. The Balaban J connectivity index is 1.32. The Bertz CT molecular complexity index is 1580. The van der Waals surface area contributed by atoms with Gasteiger partial charge >= 0.3 is 0 Å². The lowest BCUT2D eigenvalue weighted by molar-refractivity contribution is 0.0664. The average molecular weight is 549 g/mol. The van der Waals surface area contributed by atoms with Crippen molar-refractivity contribution in [3.63, 3.8) is 0 Å². The minimum absolute atomic E-state index is 0.0343. The van der Waals surface area contributed by atoms with Crippen molar-refractivity contribution in [3.05, 3.63) is 71.9 Å². The zero-order valence-corrected chi connectivity index (χ0v) is 23.0. The van der Waals surface area contributed by atoms with Crippen LogP contribution in [-0.2, 0) is 16.6 Å². The van der Waals surface area contributed by atoms with Gasteiger partial charge in [-0.15, -0.1) is 0 Å². The molecule has 0 atom stereocenters. The average Bonchev–Trinajstić information content (AvgIpc) is 3.40. The number of para-hydroxylation sites is 1. The first-order valence-electron chi connectivity index (χ1n) is 12.6. The van der Waals surface area contributed by atoms with Crippen LogP contribution in [0.1, 0.15) is 15.9 Å². The van der Waals surface area contributed by atoms with E-state index in [9.17, 15) is 13.2 Å². The molecule has 1 amide bonds. The van der Waals surface area contributed by atoms with Crippen LogP contribution in [0.15, 0.2) is 60.8 Å². The summed E-state index contributed by atoms with van der Waals surface area (Å²) in [6.07, 6.45) is 2.97. The highest BCUT2D eigenvalue weighted by molar-refractivity contribution is 7.92. The van der Waals surface area contributed by atoms with Crippen LogP contribution in [0.3, 0.4) is 0 Å². The summed E-state index contributed by atoms with van der Waals surface area (Å²) in [5.74, 6) is 1.02. The molecule has 2 aromatic carbocycles. The molecule has 1 aliphatic heterocycles. The monoisotopic (exact) mass is 548 g/mol. The molecule has 3 heterocycles. The van der Waals surface area contributed by atoms with Crippen LogP contribution in [0.4, 0.5) is 23.1 Å². The molecule has 204 valence electrons. The van der Waals surface area contributed by atoms with Gasteiger partial charge in [-0.05, 0) is 49.0 Å². The molecule has 11 nitrogen and oxygen atoms in total. The van der Waals surface area contributed by atoms with Gasteiger partial charge in [0.2, 0.25) is 16.0 Å². The van der Waals surface area contributed by atoms with Gasteiger partial charge in [-0.3, -0.25) is 9.10 Å². The highest BCUT2D eigenvalue weighted by atomic mass is 32.2. The largest absolute Gasteiger partial charge is 0.365 e. The van der Waals surface area contributed by atoms with E-state index in [-0.39, 0.29) is 5.91 Å². The lowest BCUT2D eigenvalue weighted by Gasteiger charge is -2.32. The second kappa shape index (κ2) is 10.9. The first kappa shape index (κ1) is 26.4. The molecule has 5 rings (SSSR count). The molecule has 1 saturated heterocycles. The Morgan fingerprint density at radius 2 is 1.74 bits per heavy atom. The molecule has 0 saturated carbocycles. The summed E-state index contributed by atoms with van der Waals surface area (Å²) >= 11 is 0. The third kappa shape index (κ3) is 5.96. The van der Waals surface area contributed by atoms with Crippen LogP contribution in [0.2, 0.25) is 0 Å². The number of amides is 1. The van der Waals surface area contributed by atoms with Crippen LogP contribution in [0.5, 0.6) is 0 Å². The van der Waals surface area contributed by atoms with Crippen molar-refractivity contribution >= 4 is 50.1 Å². The number of likely N-dealkylation sites (N-methyl/N-ethyl adjacent to an activating group) is 1. The van der Waals surface area contributed by atoms with Gasteiger partial charge in [0.25, 0.3) is 5.91 Å². The number of piperazine rings is 1. The standard InChI is InChI=1S/C27H32N8O3S/c1-33-14-16-35(17-15-33)26(36)19-8-10-21(11-9-19)30-27-31-24-22(12-13-28-24)25(32-27)29-18-20-6-4-5-7-23(20)34(2)39(3,37)38/h4-13H,14-18H2,1-3H3,(H3,28,29,30,31,32). The molecule has 0 unspecified atom stereocenters. The number of nitrogens with one attached hydrogen (secondary N) is 3. The summed E-state index contributed by atoms with van der Waals surface area (Å²) < 4.78 is 25.5. The van der Waals surface area contributed by atoms with Crippen molar-refractivity contribution < 1.29 is 13.2 Å². The number of nitrogens with zero attached hydrogens (tertiary/aromatic N) is 5. The fourth-order valence-corrected chi connectivity index (χ4v) is 5.01. The Labute approximate surface area is 227 Å². The van der Waals surface area contributed by atoms with Crippen molar-refractivity contribution in [2.24, 2.45) is 0 Å². The fourth-order valence-electron chi connectivity index (χ4n) is 4.47. The summed E-state index contributed by atoms with van der Waals surface area (Å²) in [5, 5.41) is 7.37. The molecule has 2 aromatic heterocycles. The smallest absolute Gasteiger partial charge is 0.253 e. The molecule has 0 aliphatic carbocycles. The molecule has 0 radical (unpaired) electrons. The van der Waals surface area contributed by atoms with Crippen LogP contribution < -0.4 is 14.9 Å². The second-order valence-electron chi connectivity index (χ2n) is 9.65. The van der Waals surface area contributed by atoms with E-state index in [2.05, 4.69) is 37.5 Å². The molecular weight excluding hydrogens is 516 g/mol. The van der Waals surface area contributed by atoms with Gasteiger partial charge in [0.1, 0.15) is 11.5 Å². The van der Waals surface area contributed by atoms with Gasteiger partial charge in [0.05, 0.1) is 17.3 Å². The minimum atomic E-state index is -3.41. The Morgan fingerprint density at radius 3 is 2.46 bits per heavy atom. The lowest BCUT2D eigenvalue weighted by Crippen LogP contribution is -2.47. The maximum absolute atomic E-state index is 12.9. The predicted molar refractivity (Wildman–Crippen MR) is 154 cm³/mol. The SMILES string of the molecule is CN1CCN(C(=O)c2ccc(Nc3nc(NCc4ccccc4N(C)S(C)(=O)=O)c4cc[nH]c4n3)cc2)CC1. The van der Waals surface area contributed by atoms with Crippen LogP contribution in [-0.4, -0.2) is 85.6 Å². The van der Waals surface area contributed by atoms with Gasteiger partial charge in [0, 0.05) is 57.2 Å². The second-order valence-corrected chi connectivity index (χ2v) is 11.7. The quantitative estimate of drug-likeness (QED) is 0.307. The van der Waals surface area contributed by atoms with Gasteiger partial charge in [-0.1, -0.05) is 18.2 Å². The van der Waals surface area contributed by atoms with E-state index >= 15 is 0 Å². The summed E-state index contributed by atoms with van der Waals surface area (Å²) in [6.45, 7) is 3.56. The van der Waals surface area contributed by atoms with Gasteiger partial charge in [0.15, 0.2) is 0 Å². The highest BCUT2D eigenvalue weighted by Gasteiger charge is 2.20. The summed E-state index contributed by atoms with van der Waals surface area (Å²) in [5.41, 5.74) is 3.45. The number of hydrogen-bond acceptors (Lipinski definition) is 8. The summed E-state index contributed by atoms with van der Waals surface area (Å²) in [4.78, 5) is 29.3. The maximum atomic E-state index is 12.9. The molecule has 0 bridgehead atoms. The van der Waals surface area contributed by atoms with Crippen LogP contribution in [0.25, 0.3) is 11.0 Å². The topological polar surface area (TPSA) is 127 Å². The van der Waals surface area contributed by atoms with Gasteiger partial charge in [-0.2, -0.15) is 9.97 Å². The maximum Gasteiger partial charge on any atom is 0.253 e. The first-order valence-corrected chi connectivity index (χ1v) is 14.5. The molecule has 0 spiro atoms. The van der Waals surface area contributed by atoms with Crippen LogP contribution in [0, 0.1) is 0 Å². The Morgan fingerprint density at radius 1 is 1.03 bits per heavy atom. The number of carbonyl (C=O) groups excluding carboxylic acids is 1. The molecule has 1 aliphatic rings. The van der Waals surface area contributed by atoms with Crippen LogP contribution >= 0.6 is 0 Å². The molecule has 4 aromatic rings. The number of rotatable bonds is 8. The van der Waals surface area contributed by atoms with Crippen molar-refractivity contribution in [3.8, 4) is 0 Å². The zero-order chi connectivity index (χ0) is 27.6. The lowest BCUT2D eigenvalue weighted by atomic mass is 10.1. The molecular formula is C27H32N8O3S. The van der Waals surface area contributed by atoms with Crippen molar-refractivity contribution in [1.29, 1.82) is 0 Å². The van der Waals surface area contributed by atoms with E-state index in [0.717, 1.165) is 42.8 Å². The van der Waals surface area contributed by atoms with Crippen molar-refractivity contribution in [2.45, 2.75) is 6.54 Å². The van der Waals surface area contributed by atoms with E-state index in [1.807, 2.05) is 53.4 Å². The number of hydrogen-bond donors (Lipinski definition) is 3. The number of fused-ring (bicyclic) bond motifs is 1. The Hall–Kier alpha value is -4.16. The third-order valence-corrected chi connectivity index (χ3v) is 8.06. The highest BCUT2D eigenvalue weighted by Crippen LogP contribution is 2.26. The van der Waals surface area contributed by atoms with Crippen molar-refractivity contribution in [2.75, 3.05) is 61.5 Å². The van der Waals surface area contributed by atoms with E-state index in [0.29, 0.717) is 35.2 Å². The van der Waals surface area contributed by atoms with E-state index in [1.165, 1.54) is 17.6 Å². The van der Waals surface area contributed by atoms with E-state index in [4.69, 9.17) is 0 Å². The Kier molecular flexibility index (Phi) is 7.40. The third-order valence-electron chi connectivity index (χ3n) is 6.87. The fraction of sp³-hybridized carbons (Fsp3) is 0.296. The molecule has 12 heteroatoms. The molecule has 3 N–H and O–H groups in total. The predicted octanol–water partition coefficient (Wildman–Crippen LogP) is 3.10. The normalized spacial score (nSPS) is 14.4. The zero-order valence-electron chi connectivity index (χ0n) is 22.2. The van der Waals surface area contributed by atoms with Gasteiger partial charge in [-0.25, -0.2) is 8.42 Å². The molecule has 39 heavy (non-hydrogen) atoms. The number of benzene rings is 2. The number of aromatic nitrogens is 3. The number of carbonyl (C=O) groups is 1. The number of aromatic amines is 1. The minimum Gasteiger partial charge on any atom is -0.365 e. The number of sulfonamides is 1.